The van der Waals surface area contributed by atoms with Crippen molar-refractivity contribution >= 4 is 22.6 Å². The lowest BCUT2D eigenvalue weighted by atomic mass is 10.2. The number of H-pyrrole nitrogens is 1. The lowest BCUT2D eigenvalue weighted by molar-refractivity contribution is 0.145. The van der Waals surface area contributed by atoms with Gasteiger partial charge >= 0.3 is 6.03 Å². The molecule has 0 unspecified atom stereocenters. The van der Waals surface area contributed by atoms with Crippen molar-refractivity contribution in [2.75, 3.05) is 25.1 Å². The molecular weight excluding hydrogens is 244 g/mol. The topological polar surface area (TPSA) is 79.0 Å². The molecule has 1 aromatic carbocycles. The summed E-state index contributed by atoms with van der Waals surface area (Å²) in [4.78, 5) is 11.6. The smallest absolute Gasteiger partial charge is 0.319 e. The highest BCUT2D eigenvalue weighted by molar-refractivity contribution is 5.92. The number of urea groups is 1. The number of fused-ring (bicyclic) bond motifs is 1. The fourth-order valence-electron chi connectivity index (χ4n) is 1.71. The Hall–Kier alpha value is -2.08. The number of aromatic amines is 1. The van der Waals surface area contributed by atoms with Crippen LogP contribution >= 0.6 is 0 Å². The van der Waals surface area contributed by atoms with Gasteiger partial charge in [-0.05, 0) is 31.5 Å². The molecule has 0 atom stereocenters. The van der Waals surface area contributed by atoms with Crippen molar-refractivity contribution in [3.63, 3.8) is 0 Å². The van der Waals surface area contributed by atoms with Gasteiger partial charge in [-0.15, -0.1) is 0 Å². The SMILES string of the molecule is CCOCCCNC(=O)Nc1ccc2cn[nH]c2c1. The summed E-state index contributed by atoms with van der Waals surface area (Å²) >= 11 is 0. The maximum Gasteiger partial charge on any atom is 0.319 e. The molecule has 0 saturated carbocycles. The molecule has 2 aromatic rings. The molecule has 0 radical (unpaired) electrons. The van der Waals surface area contributed by atoms with Crippen LogP contribution in [0.2, 0.25) is 0 Å². The van der Waals surface area contributed by atoms with Crippen LogP contribution in [0.25, 0.3) is 10.9 Å². The Morgan fingerprint density at radius 3 is 3.21 bits per heavy atom. The second kappa shape index (κ2) is 6.75. The number of benzene rings is 1. The van der Waals surface area contributed by atoms with E-state index in [9.17, 15) is 4.79 Å². The van der Waals surface area contributed by atoms with E-state index in [-0.39, 0.29) is 6.03 Å². The number of rotatable bonds is 6. The average molecular weight is 262 g/mol. The molecule has 0 spiro atoms. The Kier molecular flexibility index (Phi) is 4.74. The number of carbonyl (C=O) groups is 1. The highest BCUT2D eigenvalue weighted by Crippen LogP contribution is 2.16. The van der Waals surface area contributed by atoms with E-state index in [4.69, 9.17) is 4.74 Å². The molecule has 0 saturated heterocycles. The summed E-state index contributed by atoms with van der Waals surface area (Å²) in [6.45, 7) is 3.91. The number of carbonyl (C=O) groups excluding carboxylic acids is 1. The number of nitrogens with zero attached hydrogens (tertiary/aromatic N) is 1. The summed E-state index contributed by atoms with van der Waals surface area (Å²) in [6.07, 6.45) is 2.55. The van der Waals surface area contributed by atoms with Crippen LogP contribution in [0.4, 0.5) is 10.5 Å². The van der Waals surface area contributed by atoms with Crippen molar-refractivity contribution in [2.45, 2.75) is 13.3 Å². The third-order valence-corrected chi connectivity index (χ3v) is 2.65. The first-order chi connectivity index (χ1) is 9.29. The van der Waals surface area contributed by atoms with Crippen molar-refractivity contribution in [1.29, 1.82) is 0 Å². The highest BCUT2D eigenvalue weighted by atomic mass is 16.5. The molecule has 102 valence electrons. The zero-order valence-electron chi connectivity index (χ0n) is 10.9. The summed E-state index contributed by atoms with van der Waals surface area (Å²) in [6, 6.07) is 5.39. The number of nitrogens with one attached hydrogen (secondary N) is 3. The van der Waals surface area contributed by atoms with Gasteiger partial charge in [-0.25, -0.2) is 4.79 Å². The molecule has 0 fully saturated rings. The van der Waals surface area contributed by atoms with Gasteiger partial charge in [0.1, 0.15) is 0 Å². The van der Waals surface area contributed by atoms with Gasteiger partial charge in [0, 0.05) is 30.8 Å². The molecule has 2 rings (SSSR count). The number of hydrogen-bond acceptors (Lipinski definition) is 3. The first kappa shape index (κ1) is 13.4. The van der Waals surface area contributed by atoms with Crippen LogP contribution in [0.3, 0.4) is 0 Å². The predicted molar refractivity (Wildman–Crippen MR) is 74.2 cm³/mol. The fraction of sp³-hybridized carbons (Fsp3) is 0.385. The van der Waals surface area contributed by atoms with Crippen LogP contribution < -0.4 is 10.6 Å². The molecule has 0 bridgehead atoms. The maximum absolute atomic E-state index is 11.6. The number of hydrogen-bond donors (Lipinski definition) is 3. The molecule has 19 heavy (non-hydrogen) atoms. The zero-order valence-corrected chi connectivity index (χ0v) is 10.9. The molecule has 0 aliphatic rings. The van der Waals surface area contributed by atoms with Gasteiger partial charge in [0.25, 0.3) is 0 Å². The van der Waals surface area contributed by atoms with Gasteiger partial charge in [-0.2, -0.15) is 5.10 Å². The minimum Gasteiger partial charge on any atom is -0.382 e. The average Bonchev–Trinajstić information content (AvgIpc) is 2.86. The molecule has 2 amide bonds. The van der Waals surface area contributed by atoms with Gasteiger partial charge in [-0.1, -0.05) is 0 Å². The monoisotopic (exact) mass is 262 g/mol. The normalized spacial score (nSPS) is 10.6. The lowest BCUT2D eigenvalue weighted by Crippen LogP contribution is -2.30. The maximum atomic E-state index is 11.6. The van der Waals surface area contributed by atoms with Crippen molar-refractivity contribution in [3.05, 3.63) is 24.4 Å². The van der Waals surface area contributed by atoms with E-state index in [0.717, 1.165) is 23.0 Å². The summed E-state index contributed by atoms with van der Waals surface area (Å²) in [5.41, 5.74) is 1.63. The largest absolute Gasteiger partial charge is 0.382 e. The molecule has 1 heterocycles. The van der Waals surface area contributed by atoms with Gasteiger partial charge in [0.2, 0.25) is 0 Å². The molecule has 3 N–H and O–H groups in total. The molecular formula is C13H18N4O2. The van der Waals surface area contributed by atoms with E-state index in [1.807, 2.05) is 25.1 Å². The van der Waals surface area contributed by atoms with Gasteiger partial charge in [0.05, 0.1) is 11.7 Å². The third-order valence-electron chi connectivity index (χ3n) is 2.65. The zero-order chi connectivity index (χ0) is 13.5. The van der Waals surface area contributed by atoms with Crippen molar-refractivity contribution in [1.82, 2.24) is 15.5 Å². The molecule has 1 aromatic heterocycles. The summed E-state index contributed by atoms with van der Waals surface area (Å²) in [5.74, 6) is 0. The van der Waals surface area contributed by atoms with E-state index in [1.165, 1.54) is 0 Å². The molecule has 0 aliphatic carbocycles. The molecule has 6 heteroatoms. The minimum absolute atomic E-state index is 0.213. The first-order valence-corrected chi connectivity index (χ1v) is 6.35. The van der Waals surface area contributed by atoms with Crippen LogP contribution in [-0.4, -0.2) is 36.0 Å². The summed E-state index contributed by atoms with van der Waals surface area (Å²) < 4.78 is 5.19. The Morgan fingerprint density at radius 2 is 2.37 bits per heavy atom. The lowest BCUT2D eigenvalue weighted by Gasteiger charge is -2.07. The Morgan fingerprint density at radius 1 is 1.47 bits per heavy atom. The van der Waals surface area contributed by atoms with Gasteiger partial charge < -0.3 is 15.4 Å². The van der Waals surface area contributed by atoms with E-state index in [0.29, 0.717) is 19.8 Å². The third kappa shape index (κ3) is 3.96. The Bertz CT molecular complexity index is 538. The number of amides is 2. The number of anilines is 1. The van der Waals surface area contributed by atoms with E-state index in [1.54, 1.807) is 6.20 Å². The van der Waals surface area contributed by atoms with Gasteiger partial charge in [-0.3, -0.25) is 5.10 Å². The van der Waals surface area contributed by atoms with Crippen molar-refractivity contribution in [2.24, 2.45) is 0 Å². The molecule has 6 nitrogen and oxygen atoms in total. The second-order valence-electron chi connectivity index (χ2n) is 4.10. The molecule has 0 aliphatic heterocycles. The van der Waals surface area contributed by atoms with E-state index < -0.39 is 0 Å². The standard InChI is InChI=1S/C13H18N4O2/c1-2-19-7-3-6-14-13(18)16-11-5-4-10-9-15-17-12(10)8-11/h4-5,8-9H,2-3,6-7H2,1H3,(H,15,17)(H2,14,16,18). The van der Waals surface area contributed by atoms with E-state index >= 15 is 0 Å². The predicted octanol–water partition coefficient (Wildman–Crippen LogP) is 2.11. The highest BCUT2D eigenvalue weighted by Gasteiger charge is 2.02. The first-order valence-electron chi connectivity index (χ1n) is 6.35. The van der Waals surface area contributed by atoms with Gasteiger partial charge in [0.15, 0.2) is 0 Å². The van der Waals surface area contributed by atoms with Crippen molar-refractivity contribution < 1.29 is 9.53 Å². The number of aromatic nitrogens is 2. The van der Waals surface area contributed by atoms with Crippen LogP contribution in [0.15, 0.2) is 24.4 Å². The van der Waals surface area contributed by atoms with Crippen LogP contribution in [0.1, 0.15) is 13.3 Å². The second-order valence-corrected chi connectivity index (χ2v) is 4.10. The van der Waals surface area contributed by atoms with Crippen LogP contribution in [-0.2, 0) is 4.74 Å². The minimum atomic E-state index is -0.213. The van der Waals surface area contributed by atoms with Crippen LogP contribution in [0, 0.1) is 0 Å². The quantitative estimate of drug-likeness (QED) is 0.698. The van der Waals surface area contributed by atoms with Crippen LogP contribution in [0.5, 0.6) is 0 Å². The van der Waals surface area contributed by atoms with Crippen molar-refractivity contribution in [3.8, 4) is 0 Å². The van der Waals surface area contributed by atoms with E-state index in [2.05, 4.69) is 20.8 Å². The summed E-state index contributed by atoms with van der Waals surface area (Å²) in [7, 11) is 0. The Balaban J connectivity index is 1.78. The Labute approximate surface area is 111 Å². The fourth-order valence-corrected chi connectivity index (χ4v) is 1.71. The summed E-state index contributed by atoms with van der Waals surface area (Å²) in [5, 5.41) is 13.4. The number of ether oxygens (including phenoxy) is 1.